The number of hydrogen-bond donors (Lipinski definition) is 2. The van der Waals surface area contributed by atoms with Crippen LogP contribution in [0.2, 0.25) is 0 Å². The van der Waals surface area contributed by atoms with Crippen LogP contribution in [-0.2, 0) is 17.6 Å². The standard InChI is InChI=1S/C20H18N4O2/c1-26-20(25)19-13(8-9-21-19)18-12-5-3-2-4-11(12)17-14-10-22-24-15(14)6-7-16(17)23-18/h6-10,21H,2-5H2,1H3,(H,22,24). The third kappa shape index (κ3) is 2.08. The van der Waals surface area contributed by atoms with Crippen LogP contribution in [0.25, 0.3) is 33.1 Å². The van der Waals surface area contributed by atoms with Crippen molar-refractivity contribution in [2.24, 2.45) is 0 Å². The molecule has 0 atom stereocenters. The predicted molar refractivity (Wildman–Crippen MR) is 99.2 cm³/mol. The number of carbonyl (C=O) groups excluding carboxylic acids is 1. The van der Waals surface area contributed by atoms with Crippen LogP contribution in [0.5, 0.6) is 0 Å². The number of benzene rings is 1. The number of methoxy groups -OCH3 is 1. The molecular formula is C20H18N4O2. The first kappa shape index (κ1) is 15.1. The van der Waals surface area contributed by atoms with Gasteiger partial charge in [0, 0.05) is 22.5 Å². The molecule has 0 unspecified atom stereocenters. The number of ether oxygens (including phenoxy) is 1. The summed E-state index contributed by atoms with van der Waals surface area (Å²) in [6.07, 6.45) is 7.92. The first-order valence-corrected chi connectivity index (χ1v) is 8.81. The summed E-state index contributed by atoms with van der Waals surface area (Å²) in [6.45, 7) is 0. The fourth-order valence-electron chi connectivity index (χ4n) is 4.11. The third-order valence-corrected chi connectivity index (χ3v) is 5.28. The van der Waals surface area contributed by atoms with Crippen molar-refractivity contribution in [2.75, 3.05) is 7.11 Å². The van der Waals surface area contributed by atoms with Crippen LogP contribution >= 0.6 is 0 Å². The molecule has 130 valence electrons. The molecule has 0 radical (unpaired) electrons. The zero-order valence-corrected chi connectivity index (χ0v) is 14.4. The van der Waals surface area contributed by atoms with Crippen molar-refractivity contribution in [3.63, 3.8) is 0 Å². The van der Waals surface area contributed by atoms with E-state index in [2.05, 4.69) is 15.2 Å². The van der Waals surface area contributed by atoms with E-state index in [1.807, 2.05) is 24.4 Å². The Hall–Kier alpha value is -3.15. The maximum atomic E-state index is 12.1. The Labute approximate surface area is 149 Å². The lowest BCUT2D eigenvalue weighted by Gasteiger charge is -2.21. The van der Waals surface area contributed by atoms with Crippen LogP contribution in [0.4, 0.5) is 0 Å². The summed E-state index contributed by atoms with van der Waals surface area (Å²) in [5.74, 6) is -0.373. The fraction of sp³-hybridized carbons (Fsp3) is 0.250. The molecule has 2 N–H and O–H groups in total. The quantitative estimate of drug-likeness (QED) is 0.541. The Morgan fingerprint density at radius 1 is 1.15 bits per heavy atom. The zero-order valence-electron chi connectivity index (χ0n) is 14.4. The van der Waals surface area contributed by atoms with E-state index in [0.717, 1.165) is 53.4 Å². The number of nitrogens with zero attached hydrogens (tertiary/aromatic N) is 2. The molecule has 3 aromatic heterocycles. The monoisotopic (exact) mass is 346 g/mol. The number of hydrogen-bond acceptors (Lipinski definition) is 4. The van der Waals surface area contributed by atoms with Crippen molar-refractivity contribution in [3.05, 3.63) is 47.4 Å². The molecule has 0 fully saturated rings. The smallest absolute Gasteiger partial charge is 0.355 e. The van der Waals surface area contributed by atoms with Crippen LogP contribution in [0, 0.1) is 0 Å². The minimum atomic E-state index is -0.373. The van der Waals surface area contributed by atoms with Crippen LogP contribution in [0.15, 0.2) is 30.6 Å². The van der Waals surface area contributed by atoms with Gasteiger partial charge in [0.25, 0.3) is 0 Å². The highest BCUT2D eigenvalue weighted by atomic mass is 16.5. The van der Waals surface area contributed by atoms with Crippen molar-refractivity contribution in [1.29, 1.82) is 0 Å². The van der Waals surface area contributed by atoms with E-state index in [1.54, 1.807) is 6.20 Å². The second kappa shape index (κ2) is 5.69. The Bertz CT molecular complexity index is 1160. The second-order valence-electron chi connectivity index (χ2n) is 6.67. The fourth-order valence-corrected chi connectivity index (χ4v) is 4.11. The molecule has 0 saturated carbocycles. The minimum absolute atomic E-state index is 0.373. The maximum Gasteiger partial charge on any atom is 0.355 e. The number of fused-ring (bicyclic) bond motifs is 5. The first-order chi connectivity index (χ1) is 12.8. The van der Waals surface area contributed by atoms with Crippen molar-refractivity contribution >= 4 is 27.8 Å². The van der Waals surface area contributed by atoms with Gasteiger partial charge in [0.2, 0.25) is 0 Å². The highest BCUT2D eigenvalue weighted by molar-refractivity contribution is 6.08. The summed E-state index contributed by atoms with van der Waals surface area (Å²) in [4.78, 5) is 20.1. The summed E-state index contributed by atoms with van der Waals surface area (Å²) in [7, 11) is 1.39. The van der Waals surface area contributed by atoms with Gasteiger partial charge in [-0.2, -0.15) is 5.10 Å². The van der Waals surface area contributed by atoms with Crippen LogP contribution < -0.4 is 0 Å². The van der Waals surface area contributed by atoms with Crippen molar-refractivity contribution < 1.29 is 9.53 Å². The lowest BCUT2D eigenvalue weighted by atomic mass is 9.85. The number of nitrogens with one attached hydrogen (secondary N) is 2. The van der Waals surface area contributed by atoms with Gasteiger partial charge in [-0.15, -0.1) is 0 Å². The van der Waals surface area contributed by atoms with Gasteiger partial charge in [-0.25, -0.2) is 9.78 Å². The molecule has 6 nitrogen and oxygen atoms in total. The van der Waals surface area contributed by atoms with Crippen LogP contribution in [-0.4, -0.2) is 33.2 Å². The van der Waals surface area contributed by atoms with Gasteiger partial charge in [-0.05, 0) is 55.0 Å². The molecule has 1 aliphatic rings. The topological polar surface area (TPSA) is 83.7 Å². The average molecular weight is 346 g/mol. The highest BCUT2D eigenvalue weighted by Crippen LogP contribution is 2.38. The summed E-state index contributed by atoms with van der Waals surface area (Å²) < 4.78 is 4.93. The van der Waals surface area contributed by atoms with Gasteiger partial charge in [-0.3, -0.25) is 5.10 Å². The number of H-pyrrole nitrogens is 2. The Morgan fingerprint density at radius 2 is 2.00 bits per heavy atom. The lowest BCUT2D eigenvalue weighted by molar-refractivity contribution is 0.0595. The zero-order chi connectivity index (χ0) is 17.7. The summed E-state index contributed by atoms with van der Waals surface area (Å²) in [5, 5.41) is 9.55. The highest BCUT2D eigenvalue weighted by Gasteiger charge is 2.24. The molecule has 0 amide bonds. The molecule has 1 aliphatic carbocycles. The largest absolute Gasteiger partial charge is 0.464 e. The number of carbonyl (C=O) groups is 1. The van der Waals surface area contributed by atoms with E-state index in [0.29, 0.717) is 5.69 Å². The van der Waals surface area contributed by atoms with Gasteiger partial charge in [0.05, 0.1) is 30.0 Å². The first-order valence-electron chi connectivity index (χ1n) is 8.81. The van der Waals surface area contributed by atoms with Gasteiger partial charge in [-0.1, -0.05) is 0 Å². The van der Waals surface area contributed by atoms with E-state index >= 15 is 0 Å². The Balaban J connectivity index is 1.86. The van der Waals surface area contributed by atoms with Crippen molar-refractivity contribution in [3.8, 4) is 11.3 Å². The summed E-state index contributed by atoms with van der Waals surface area (Å²) in [6, 6.07) is 5.94. The van der Waals surface area contributed by atoms with Crippen molar-refractivity contribution in [2.45, 2.75) is 25.7 Å². The molecular weight excluding hydrogens is 328 g/mol. The number of aromatic nitrogens is 4. The summed E-state index contributed by atoms with van der Waals surface area (Å²) >= 11 is 0. The van der Waals surface area contributed by atoms with Crippen LogP contribution in [0.3, 0.4) is 0 Å². The predicted octanol–water partition coefficient (Wildman–Crippen LogP) is 3.77. The summed E-state index contributed by atoms with van der Waals surface area (Å²) in [5.41, 5.74) is 6.68. The Kier molecular flexibility index (Phi) is 3.31. The molecule has 4 aromatic rings. The Morgan fingerprint density at radius 3 is 2.85 bits per heavy atom. The molecule has 6 heteroatoms. The number of aryl methyl sites for hydroxylation is 1. The van der Waals surface area contributed by atoms with Gasteiger partial charge in [0.1, 0.15) is 5.69 Å². The van der Waals surface area contributed by atoms with Crippen molar-refractivity contribution in [1.82, 2.24) is 20.2 Å². The van der Waals surface area contributed by atoms with E-state index in [-0.39, 0.29) is 5.97 Å². The van der Waals surface area contributed by atoms with E-state index < -0.39 is 0 Å². The average Bonchev–Trinajstić information content (AvgIpc) is 3.35. The molecule has 0 bridgehead atoms. The molecule has 5 rings (SSSR count). The molecule has 0 aliphatic heterocycles. The second-order valence-corrected chi connectivity index (χ2v) is 6.67. The SMILES string of the molecule is COC(=O)c1[nH]ccc1-c1nc2ccc3[nH]ncc3c2c2c1CCCC2. The molecule has 1 aromatic carbocycles. The normalized spacial score (nSPS) is 13.9. The van der Waals surface area contributed by atoms with Gasteiger partial charge < -0.3 is 9.72 Å². The lowest BCUT2D eigenvalue weighted by Crippen LogP contribution is -2.10. The third-order valence-electron chi connectivity index (χ3n) is 5.28. The molecule has 0 spiro atoms. The van der Waals surface area contributed by atoms with E-state index in [9.17, 15) is 4.79 Å². The van der Waals surface area contributed by atoms with Crippen LogP contribution in [0.1, 0.15) is 34.5 Å². The number of pyridine rings is 1. The maximum absolute atomic E-state index is 12.1. The van der Waals surface area contributed by atoms with E-state index in [4.69, 9.17) is 9.72 Å². The number of aromatic amines is 2. The molecule has 26 heavy (non-hydrogen) atoms. The van der Waals surface area contributed by atoms with Gasteiger partial charge >= 0.3 is 5.97 Å². The van der Waals surface area contributed by atoms with E-state index in [1.165, 1.54) is 23.6 Å². The van der Waals surface area contributed by atoms with Gasteiger partial charge in [0.15, 0.2) is 0 Å². The molecule has 3 heterocycles. The number of rotatable bonds is 2. The minimum Gasteiger partial charge on any atom is -0.464 e. The molecule has 0 saturated heterocycles. The number of esters is 1.